The van der Waals surface area contributed by atoms with Crippen LogP contribution in [0.25, 0.3) is 0 Å². The van der Waals surface area contributed by atoms with Gasteiger partial charge in [0.25, 0.3) is 0 Å². The number of benzene rings is 2. The lowest BCUT2D eigenvalue weighted by molar-refractivity contribution is 0.402. The molecule has 0 fully saturated rings. The standard InChI is InChI=1S/C17H19Cl2NO/c1-11(2)17(12-6-8-13(18)9-7-12)20-10-14-15(19)4-3-5-16(14)21/h3-9,11,17,20-21H,10H2,1-2H3. The van der Waals surface area contributed by atoms with Gasteiger partial charge in [0.1, 0.15) is 5.75 Å². The number of nitrogens with one attached hydrogen (secondary N) is 1. The van der Waals surface area contributed by atoms with Gasteiger partial charge in [-0.1, -0.05) is 55.2 Å². The minimum atomic E-state index is 0.165. The van der Waals surface area contributed by atoms with Gasteiger partial charge in [-0.3, -0.25) is 0 Å². The lowest BCUT2D eigenvalue weighted by atomic mass is 9.96. The topological polar surface area (TPSA) is 32.3 Å². The summed E-state index contributed by atoms with van der Waals surface area (Å²) in [4.78, 5) is 0. The molecule has 21 heavy (non-hydrogen) atoms. The number of rotatable bonds is 5. The lowest BCUT2D eigenvalue weighted by Crippen LogP contribution is -2.25. The Morgan fingerprint density at radius 3 is 2.29 bits per heavy atom. The Morgan fingerprint density at radius 1 is 1.05 bits per heavy atom. The van der Waals surface area contributed by atoms with Crippen LogP contribution in [0.4, 0.5) is 0 Å². The molecule has 0 aliphatic rings. The number of phenolic OH excluding ortho intramolecular Hbond substituents is 1. The van der Waals surface area contributed by atoms with Gasteiger partial charge >= 0.3 is 0 Å². The van der Waals surface area contributed by atoms with Crippen molar-refractivity contribution in [1.82, 2.24) is 5.32 Å². The molecule has 2 aromatic carbocycles. The maximum Gasteiger partial charge on any atom is 0.121 e. The van der Waals surface area contributed by atoms with Gasteiger partial charge in [0, 0.05) is 28.2 Å². The molecule has 0 aliphatic heterocycles. The van der Waals surface area contributed by atoms with E-state index in [1.165, 1.54) is 5.56 Å². The maximum absolute atomic E-state index is 9.91. The summed E-state index contributed by atoms with van der Waals surface area (Å²) in [5.41, 5.74) is 1.89. The van der Waals surface area contributed by atoms with Crippen LogP contribution in [-0.2, 0) is 6.54 Å². The highest BCUT2D eigenvalue weighted by Gasteiger charge is 2.16. The first kappa shape index (κ1) is 16.2. The van der Waals surface area contributed by atoms with Crippen molar-refractivity contribution < 1.29 is 5.11 Å². The Balaban J connectivity index is 2.16. The third-order valence-electron chi connectivity index (χ3n) is 3.49. The van der Waals surface area contributed by atoms with Gasteiger partial charge in [0.05, 0.1) is 0 Å². The third-order valence-corrected chi connectivity index (χ3v) is 4.09. The van der Waals surface area contributed by atoms with Crippen molar-refractivity contribution in [3.05, 3.63) is 63.6 Å². The van der Waals surface area contributed by atoms with E-state index in [1.54, 1.807) is 18.2 Å². The Bertz CT molecular complexity index is 576. The molecule has 1 atom stereocenters. The van der Waals surface area contributed by atoms with Crippen LogP contribution in [-0.4, -0.2) is 5.11 Å². The fourth-order valence-electron chi connectivity index (χ4n) is 2.34. The summed E-state index contributed by atoms with van der Waals surface area (Å²) in [6.45, 7) is 4.81. The summed E-state index contributed by atoms with van der Waals surface area (Å²) < 4.78 is 0. The second-order valence-electron chi connectivity index (χ2n) is 5.39. The normalized spacial score (nSPS) is 12.6. The summed E-state index contributed by atoms with van der Waals surface area (Å²) in [5.74, 6) is 0.615. The first-order valence-corrected chi connectivity index (χ1v) is 7.70. The van der Waals surface area contributed by atoms with Crippen molar-refractivity contribution >= 4 is 23.2 Å². The molecule has 4 heteroatoms. The summed E-state index contributed by atoms with van der Waals surface area (Å²) in [6.07, 6.45) is 0. The summed E-state index contributed by atoms with van der Waals surface area (Å²) >= 11 is 12.1. The van der Waals surface area contributed by atoms with E-state index in [2.05, 4.69) is 19.2 Å². The summed E-state index contributed by atoms with van der Waals surface area (Å²) in [7, 11) is 0. The molecule has 0 bridgehead atoms. The molecule has 0 aromatic heterocycles. The Hall–Kier alpha value is -1.22. The molecular formula is C17H19Cl2NO. The monoisotopic (exact) mass is 323 g/mol. The Morgan fingerprint density at radius 2 is 1.71 bits per heavy atom. The van der Waals surface area contributed by atoms with E-state index in [9.17, 15) is 5.11 Å². The van der Waals surface area contributed by atoms with E-state index < -0.39 is 0 Å². The van der Waals surface area contributed by atoms with Crippen LogP contribution in [0.15, 0.2) is 42.5 Å². The van der Waals surface area contributed by atoms with E-state index in [4.69, 9.17) is 23.2 Å². The van der Waals surface area contributed by atoms with Gasteiger partial charge in [-0.05, 0) is 35.7 Å². The van der Waals surface area contributed by atoms with Crippen LogP contribution in [0.2, 0.25) is 10.0 Å². The highest BCUT2D eigenvalue weighted by molar-refractivity contribution is 6.31. The first-order chi connectivity index (χ1) is 9.99. The molecule has 1 unspecified atom stereocenters. The zero-order valence-corrected chi connectivity index (χ0v) is 13.6. The average Bonchev–Trinajstić information content (AvgIpc) is 2.43. The van der Waals surface area contributed by atoms with Gasteiger partial charge in [0.2, 0.25) is 0 Å². The Labute approximate surface area is 135 Å². The van der Waals surface area contributed by atoms with Crippen LogP contribution >= 0.6 is 23.2 Å². The second-order valence-corrected chi connectivity index (χ2v) is 6.24. The van der Waals surface area contributed by atoms with Crippen LogP contribution in [0.5, 0.6) is 5.75 Å². The van der Waals surface area contributed by atoms with Gasteiger partial charge in [-0.15, -0.1) is 0 Å². The molecule has 2 aromatic rings. The number of hydrogen-bond acceptors (Lipinski definition) is 2. The fraction of sp³-hybridized carbons (Fsp3) is 0.294. The van der Waals surface area contributed by atoms with Crippen molar-refractivity contribution in [2.75, 3.05) is 0 Å². The van der Waals surface area contributed by atoms with E-state index >= 15 is 0 Å². The molecule has 0 saturated heterocycles. The molecule has 0 radical (unpaired) electrons. The molecule has 112 valence electrons. The molecule has 0 heterocycles. The predicted molar refractivity (Wildman–Crippen MR) is 89.0 cm³/mol. The molecule has 0 amide bonds. The van der Waals surface area contributed by atoms with Crippen molar-refractivity contribution in [3.63, 3.8) is 0 Å². The predicted octanol–water partition coefficient (Wildman–Crippen LogP) is 5.19. The van der Waals surface area contributed by atoms with E-state index in [1.807, 2.05) is 24.3 Å². The lowest BCUT2D eigenvalue weighted by Gasteiger charge is -2.23. The van der Waals surface area contributed by atoms with Gasteiger partial charge in [0.15, 0.2) is 0 Å². The number of aromatic hydroxyl groups is 1. The smallest absolute Gasteiger partial charge is 0.121 e. The summed E-state index contributed by atoms with van der Waals surface area (Å²) in [5, 5.41) is 14.7. The van der Waals surface area contributed by atoms with Crippen LogP contribution in [0.3, 0.4) is 0 Å². The van der Waals surface area contributed by atoms with Crippen LogP contribution in [0.1, 0.15) is 31.0 Å². The molecule has 0 saturated carbocycles. The fourth-order valence-corrected chi connectivity index (χ4v) is 2.71. The minimum Gasteiger partial charge on any atom is -0.508 e. The van der Waals surface area contributed by atoms with Gasteiger partial charge in [-0.25, -0.2) is 0 Å². The first-order valence-electron chi connectivity index (χ1n) is 6.94. The highest BCUT2D eigenvalue weighted by atomic mass is 35.5. The zero-order valence-electron chi connectivity index (χ0n) is 12.1. The molecule has 0 spiro atoms. The third kappa shape index (κ3) is 4.13. The van der Waals surface area contributed by atoms with Crippen molar-refractivity contribution in [1.29, 1.82) is 0 Å². The quantitative estimate of drug-likeness (QED) is 0.794. The number of halogens is 2. The highest BCUT2D eigenvalue weighted by Crippen LogP contribution is 2.28. The van der Waals surface area contributed by atoms with Crippen LogP contribution < -0.4 is 5.32 Å². The van der Waals surface area contributed by atoms with Crippen LogP contribution in [0, 0.1) is 5.92 Å². The molecule has 2 nitrogen and oxygen atoms in total. The van der Waals surface area contributed by atoms with Gasteiger partial charge < -0.3 is 10.4 Å². The number of hydrogen-bond donors (Lipinski definition) is 2. The van der Waals surface area contributed by atoms with E-state index in [0.717, 1.165) is 10.6 Å². The molecule has 2 rings (SSSR count). The number of phenols is 1. The van der Waals surface area contributed by atoms with Crippen molar-refractivity contribution in [2.45, 2.75) is 26.4 Å². The average molecular weight is 324 g/mol. The maximum atomic E-state index is 9.91. The molecule has 2 N–H and O–H groups in total. The zero-order chi connectivity index (χ0) is 15.4. The van der Waals surface area contributed by atoms with E-state index in [-0.39, 0.29) is 11.8 Å². The largest absolute Gasteiger partial charge is 0.508 e. The van der Waals surface area contributed by atoms with Crippen molar-refractivity contribution in [3.8, 4) is 5.75 Å². The minimum absolute atomic E-state index is 0.165. The summed E-state index contributed by atoms with van der Waals surface area (Å²) in [6, 6.07) is 13.2. The van der Waals surface area contributed by atoms with Gasteiger partial charge in [-0.2, -0.15) is 0 Å². The molecule has 0 aliphatic carbocycles. The molecular weight excluding hydrogens is 305 g/mol. The Kier molecular flexibility index (Phi) is 5.51. The van der Waals surface area contributed by atoms with Crippen molar-refractivity contribution in [2.24, 2.45) is 5.92 Å². The van der Waals surface area contributed by atoms with E-state index in [0.29, 0.717) is 17.5 Å². The SMILES string of the molecule is CC(C)C(NCc1c(O)cccc1Cl)c1ccc(Cl)cc1. The second kappa shape index (κ2) is 7.17.